The molecule has 3 unspecified atom stereocenters. The zero-order chi connectivity index (χ0) is 14.0. The van der Waals surface area contributed by atoms with E-state index in [2.05, 4.69) is 6.92 Å². The first-order chi connectivity index (χ1) is 9.02. The lowest BCUT2D eigenvalue weighted by atomic mass is 9.76. The molecule has 0 spiro atoms. The largest absolute Gasteiger partial charge is 0.388 e. The fourth-order valence-electron chi connectivity index (χ4n) is 3.01. The SMILES string of the molecule is CCC1CCCC(C(O)c2cc(F)c(Cl)cc2F)C1. The van der Waals surface area contributed by atoms with Gasteiger partial charge in [0.2, 0.25) is 0 Å². The lowest BCUT2D eigenvalue weighted by Crippen LogP contribution is -2.22. The van der Waals surface area contributed by atoms with Gasteiger partial charge in [-0.15, -0.1) is 0 Å². The van der Waals surface area contributed by atoms with E-state index >= 15 is 0 Å². The molecule has 1 fully saturated rings. The van der Waals surface area contributed by atoms with Gasteiger partial charge in [0.1, 0.15) is 11.6 Å². The standard InChI is InChI=1S/C15H19ClF2O/c1-2-9-4-3-5-10(6-9)15(19)11-7-14(18)12(16)8-13(11)17/h7-10,15,19H,2-6H2,1H3. The first-order valence-corrected chi connectivity index (χ1v) is 7.23. The molecular formula is C15H19ClF2O. The van der Waals surface area contributed by atoms with Gasteiger partial charge in [0.15, 0.2) is 0 Å². The Morgan fingerprint density at radius 3 is 2.74 bits per heavy atom. The van der Waals surface area contributed by atoms with E-state index in [0.29, 0.717) is 5.92 Å². The Bertz CT molecular complexity index is 450. The summed E-state index contributed by atoms with van der Waals surface area (Å²) in [7, 11) is 0. The van der Waals surface area contributed by atoms with E-state index in [9.17, 15) is 13.9 Å². The molecule has 0 radical (unpaired) electrons. The molecule has 0 bridgehead atoms. The van der Waals surface area contributed by atoms with Gasteiger partial charge < -0.3 is 5.11 Å². The summed E-state index contributed by atoms with van der Waals surface area (Å²) in [6.07, 6.45) is 4.07. The van der Waals surface area contributed by atoms with Gasteiger partial charge in [0.05, 0.1) is 11.1 Å². The molecule has 0 aliphatic heterocycles. The predicted molar refractivity (Wildman–Crippen MR) is 72.1 cm³/mol. The summed E-state index contributed by atoms with van der Waals surface area (Å²) in [6.45, 7) is 2.13. The monoisotopic (exact) mass is 288 g/mol. The lowest BCUT2D eigenvalue weighted by Gasteiger charge is -2.32. The zero-order valence-electron chi connectivity index (χ0n) is 11.0. The molecule has 0 saturated heterocycles. The van der Waals surface area contributed by atoms with Crippen LogP contribution in [-0.4, -0.2) is 5.11 Å². The van der Waals surface area contributed by atoms with Crippen LogP contribution < -0.4 is 0 Å². The smallest absolute Gasteiger partial charge is 0.142 e. The Kier molecular flexibility index (Phi) is 4.80. The van der Waals surface area contributed by atoms with Gasteiger partial charge in [-0.05, 0) is 36.8 Å². The zero-order valence-corrected chi connectivity index (χ0v) is 11.8. The Labute approximate surface area is 117 Å². The number of aliphatic hydroxyl groups is 1. The minimum atomic E-state index is -0.943. The molecule has 0 amide bonds. The molecule has 0 aromatic heterocycles. The van der Waals surface area contributed by atoms with Crippen LogP contribution in [0.1, 0.15) is 50.7 Å². The van der Waals surface area contributed by atoms with Crippen LogP contribution in [0.15, 0.2) is 12.1 Å². The molecule has 1 aliphatic carbocycles. The van der Waals surface area contributed by atoms with Gasteiger partial charge in [-0.25, -0.2) is 8.78 Å². The average molecular weight is 289 g/mol. The molecule has 3 atom stereocenters. The summed E-state index contributed by atoms with van der Waals surface area (Å²) in [5.74, 6) is -0.722. The van der Waals surface area contributed by atoms with Crippen molar-refractivity contribution in [1.29, 1.82) is 0 Å². The van der Waals surface area contributed by atoms with E-state index in [1.54, 1.807) is 0 Å². The summed E-state index contributed by atoms with van der Waals surface area (Å²) >= 11 is 5.53. The number of benzene rings is 1. The van der Waals surface area contributed by atoms with Crippen molar-refractivity contribution >= 4 is 11.6 Å². The number of hydrogen-bond acceptors (Lipinski definition) is 1. The molecule has 19 heavy (non-hydrogen) atoms. The van der Waals surface area contributed by atoms with Crippen molar-refractivity contribution in [3.05, 3.63) is 34.4 Å². The van der Waals surface area contributed by atoms with E-state index in [1.807, 2.05) is 0 Å². The summed E-state index contributed by atoms with van der Waals surface area (Å²) in [4.78, 5) is 0. The third kappa shape index (κ3) is 3.26. The lowest BCUT2D eigenvalue weighted by molar-refractivity contribution is 0.0647. The summed E-state index contributed by atoms with van der Waals surface area (Å²) in [5.41, 5.74) is 0.0312. The third-order valence-corrected chi connectivity index (χ3v) is 4.50. The highest BCUT2D eigenvalue weighted by molar-refractivity contribution is 6.30. The van der Waals surface area contributed by atoms with Gasteiger partial charge in [-0.2, -0.15) is 0 Å². The third-order valence-electron chi connectivity index (χ3n) is 4.21. The topological polar surface area (TPSA) is 20.2 Å². The van der Waals surface area contributed by atoms with Crippen molar-refractivity contribution < 1.29 is 13.9 Å². The first kappa shape index (κ1) is 14.7. The number of rotatable bonds is 3. The molecule has 1 aromatic carbocycles. The van der Waals surface area contributed by atoms with Crippen molar-refractivity contribution in [1.82, 2.24) is 0 Å². The highest BCUT2D eigenvalue weighted by Gasteiger charge is 2.29. The number of aliphatic hydroxyl groups excluding tert-OH is 1. The second kappa shape index (κ2) is 6.19. The minimum Gasteiger partial charge on any atom is -0.388 e. The number of halogens is 3. The molecule has 1 N–H and O–H groups in total. The molecule has 2 rings (SSSR count). The fraction of sp³-hybridized carbons (Fsp3) is 0.600. The average Bonchev–Trinajstić information content (AvgIpc) is 2.42. The predicted octanol–water partition coefficient (Wildman–Crippen LogP) is 4.87. The van der Waals surface area contributed by atoms with Crippen molar-refractivity contribution in [3.63, 3.8) is 0 Å². The second-order valence-corrected chi connectivity index (χ2v) is 5.84. The van der Waals surface area contributed by atoms with Crippen molar-refractivity contribution in [2.45, 2.75) is 45.1 Å². The van der Waals surface area contributed by atoms with E-state index in [0.717, 1.165) is 44.2 Å². The fourth-order valence-corrected chi connectivity index (χ4v) is 3.16. The molecule has 1 saturated carbocycles. The van der Waals surface area contributed by atoms with Gasteiger partial charge in [-0.1, -0.05) is 37.8 Å². The molecule has 0 heterocycles. The molecule has 4 heteroatoms. The Hall–Kier alpha value is -0.670. The molecule has 1 nitrogen and oxygen atoms in total. The molecular weight excluding hydrogens is 270 g/mol. The number of hydrogen-bond donors (Lipinski definition) is 1. The summed E-state index contributed by atoms with van der Waals surface area (Å²) in [5, 5.41) is 10.1. The van der Waals surface area contributed by atoms with Crippen molar-refractivity contribution in [3.8, 4) is 0 Å². The van der Waals surface area contributed by atoms with Crippen LogP contribution in [0.4, 0.5) is 8.78 Å². The molecule has 1 aliphatic rings. The second-order valence-electron chi connectivity index (χ2n) is 5.43. The summed E-state index contributed by atoms with van der Waals surface area (Å²) < 4.78 is 27.2. The van der Waals surface area contributed by atoms with E-state index < -0.39 is 17.7 Å². The maximum Gasteiger partial charge on any atom is 0.142 e. The van der Waals surface area contributed by atoms with Gasteiger partial charge in [0, 0.05) is 5.56 Å². The van der Waals surface area contributed by atoms with Crippen LogP contribution in [0.3, 0.4) is 0 Å². The van der Waals surface area contributed by atoms with E-state index in [1.165, 1.54) is 0 Å². The van der Waals surface area contributed by atoms with Crippen LogP contribution >= 0.6 is 11.6 Å². The van der Waals surface area contributed by atoms with E-state index in [4.69, 9.17) is 11.6 Å². The molecule has 106 valence electrons. The Morgan fingerprint density at radius 1 is 1.32 bits per heavy atom. The molecule has 1 aromatic rings. The minimum absolute atomic E-state index is 0.00813. The maximum absolute atomic E-state index is 13.8. The van der Waals surface area contributed by atoms with Gasteiger partial charge in [-0.3, -0.25) is 0 Å². The highest BCUT2D eigenvalue weighted by atomic mass is 35.5. The maximum atomic E-state index is 13.8. The van der Waals surface area contributed by atoms with Gasteiger partial charge >= 0.3 is 0 Å². The van der Waals surface area contributed by atoms with Crippen LogP contribution in [0, 0.1) is 23.5 Å². The van der Waals surface area contributed by atoms with Crippen LogP contribution in [0.5, 0.6) is 0 Å². The Balaban J connectivity index is 2.19. The van der Waals surface area contributed by atoms with Crippen molar-refractivity contribution in [2.75, 3.05) is 0 Å². The highest BCUT2D eigenvalue weighted by Crippen LogP contribution is 2.39. The first-order valence-electron chi connectivity index (χ1n) is 6.85. The normalized spacial score (nSPS) is 25.3. The van der Waals surface area contributed by atoms with Crippen molar-refractivity contribution in [2.24, 2.45) is 11.8 Å². The van der Waals surface area contributed by atoms with Gasteiger partial charge in [0.25, 0.3) is 0 Å². The summed E-state index contributed by atoms with van der Waals surface area (Å²) in [6, 6.07) is 1.97. The van der Waals surface area contributed by atoms with E-state index in [-0.39, 0.29) is 16.5 Å². The Morgan fingerprint density at radius 2 is 2.05 bits per heavy atom. The van der Waals surface area contributed by atoms with Crippen LogP contribution in [-0.2, 0) is 0 Å². The van der Waals surface area contributed by atoms with Crippen LogP contribution in [0.2, 0.25) is 5.02 Å². The quantitative estimate of drug-likeness (QED) is 0.787. The van der Waals surface area contributed by atoms with Crippen LogP contribution in [0.25, 0.3) is 0 Å².